The van der Waals surface area contributed by atoms with Gasteiger partial charge in [0.25, 0.3) is 0 Å². The highest BCUT2D eigenvalue weighted by Gasteiger charge is 2.20. The van der Waals surface area contributed by atoms with Crippen molar-refractivity contribution in [1.29, 1.82) is 0 Å². The summed E-state index contributed by atoms with van der Waals surface area (Å²) in [5.41, 5.74) is 0.793. The van der Waals surface area contributed by atoms with E-state index in [9.17, 15) is 5.11 Å². The lowest BCUT2D eigenvalue weighted by Crippen LogP contribution is -2.23. The molecule has 1 heterocycles. The van der Waals surface area contributed by atoms with Crippen LogP contribution in [0.5, 0.6) is 11.5 Å². The molecule has 0 aliphatic carbocycles. The molecule has 0 saturated heterocycles. The summed E-state index contributed by atoms with van der Waals surface area (Å²) in [4.78, 5) is 0. The Hall–Kier alpha value is -1.00. The molecule has 1 aliphatic rings. The van der Waals surface area contributed by atoms with Crippen LogP contribution in [0.4, 0.5) is 0 Å². The Morgan fingerprint density at radius 1 is 1.28 bits per heavy atom. The van der Waals surface area contributed by atoms with Crippen LogP contribution in [0.1, 0.15) is 26.3 Å². The van der Waals surface area contributed by atoms with Gasteiger partial charge >= 0.3 is 0 Å². The number of aliphatic hydroxyl groups is 1. The molecular formula is C14H17BrO3. The standard InChI is InChI=1S/C14H17BrO3/c1-14(2,3)13(16)5-4-9-6-11-12(7-10(9)15)18-8-17-11/h4-7,13,16H,8H2,1-3H3/b5-4+. The van der Waals surface area contributed by atoms with Gasteiger partial charge in [0, 0.05) is 4.47 Å². The van der Waals surface area contributed by atoms with E-state index in [1.807, 2.05) is 39.0 Å². The smallest absolute Gasteiger partial charge is 0.231 e. The molecule has 1 aromatic carbocycles. The summed E-state index contributed by atoms with van der Waals surface area (Å²) in [6.07, 6.45) is 3.19. The molecular weight excluding hydrogens is 296 g/mol. The maximum absolute atomic E-state index is 9.97. The van der Waals surface area contributed by atoms with Gasteiger partial charge in [-0.3, -0.25) is 0 Å². The van der Waals surface area contributed by atoms with Gasteiger partial charge in [-0.25, -0.2) is 0 Å². The minimum absolute atomic E-state index is 0.167. The third-order valence-electron chi connectivity index (χ3n) is 2.84. The van der Waals surface area contributed by atoms with Crippen LogP contribution in [-0.2, 0) is 0 Å². The molecule has 1 unspecified atom stereocenters. The number of aliphatic hydroxyl groups excluding tert-OH is 1. The third kappa shape index (κ3) is 2.87. The molecule has 0 bridgehead atoms. The van der Waals surface area contributed by atoms with Crippen molar-refractivity contribution in [2.24, 2.45) is 5.41 Å². The minimum Gasteiger partial charge on any atom is -0.454 e. The summed E-state index contributed by atoms with van der Waals surface area (Å²) in [7, 11) is 0. The first-order chi connectivity index (χ1) is 8.38. The quantitative estimate of drug-likeness (QED) is 0.907. The fraction of sp³-hybridized carbons (Fsp3) is 0.429. The van der Waals surface area contributed by atoms with Crippen LogP contribution in [0, 0.1) is 5.41 Å². The van der Waals surface area contributed by atoms with Crippen molar-refractivity contribution in [2.75, 3.05) is 6.79 Å². The molecule has 0 amide bonds. The van der Waals surface area contributed by atoms with Crippen molar-refractivity contribution < 1.29 is 14.6 Å². The Morgan fingerprint density at radius 3 is 2.50 bits per heavy atom. The van der Waals surface area contributed by atoms with Gasteiger partial charge in [-0.05, 0) is 23.1 Å². The molecule has 0 radical (unpaired) electrons. The largest absolute Gasteiger partial charge is 0.454 e. The van der Waals surface area contributed by atoms with Crippen LogP contribution in [0.2, 0.25) is 0 Å². The minimum atomic E-state index is -0.491. The second kappa shape index (κ2) is 4.94. The highest BCUT2D eigenvalue weighted by molar-refractivity contribution is 9.10. The van der Waals surface area contributed by atoms with Gasteiger partial charge < -0.3 is 14.6 Å². The first kappa shape index (κ1) is 13.4. The van der Waals surface area contributed by atoms with Crippen LogP contribution < -0.4 is 9.47 Å². The summed E-state index contributed by atoms with van der Waals surface area (Å²) in [5.74, 6) is 1.48. The van der Waals surface area contributed by atoms with E-state index in [-0.39, 0.29) is 12.2 Å². The zero-order valence-electron chi connectivity index (χ0n) is 10.7. The summed E-state index contributed by atoms with van der Waals surface area (Å²) < 4.78 is 11.5. The van der Waals surface area contributed by atoms with Gasteiger partial charge in [-0.2, -0.15) is 0 Å². The SMILES string of the molecule is CC(C)(C)C(O)/C=C/c1cc2c(cc1Br)OCO2. The maximum atomic E-state index is 9.97. The van der Waals surface area contributed by atoms with E-state index in [0.29, 0.717) is 0 Å². The van der Waals surface area contributed by atoms with Gasteiger partial charge in [0.2, 0.25) is 6.79 Å². The Kier molecular flexibility index (Phi) is 3.69. The van der Waals surface area contributed by atoms with Crippen molar-refractivity contribution in [2.45, 2.75) is 26.9 Å². The molecule has 1 aliphatic heterocycles. The molecule has 1 N–H and O–H groups in total. The van der Waals surface area contributed by atoms with E-state index < -0.39 is 6.10 Å². The molecule has 0 fully saturated rings. The lowest BCUT2D eigenvalue weighted by molar-refractivity contribution is 0.106. The normalized spacial score (nSPS) is 16.3. The Morgan fingerprint density at radius 2 is 1.89 bits per heavy atom. The lowest BCUT2D eigenvalue weighted by atomic mass is 9.89. The Balaban J connectivity index is 2.22. The molecule has 1 aromatic rings. The van der Waals surface area contributed by atoms with Crippen molar-refractivity contribution in [3.63, 3.8) is 0 Å². The fourth-order valence-electron chi connectivity index (χ4n) is 1.54. The van der Waals surface area contributed by atoms with Crippen molar-refractivity contribution in [3.8, 4) is 11.5 Å². The second-order valence-corrected chi connectivity index (χ2v) is 6.25. The van der Waals surface area contributed by atoms with E-state index >= 15 is 0 Å². The molecule has 98 valence electrons. The Labute approximate surface area is 116 Å². The highest BCUT2D eigenvalue weighted by Crippen LogP contribution is 2.37. The van der Waals surface area contributed by atoms with Crippen molar-refractivity contribution in [3.05, 3.63) is 28.2 Å². The highest BCUT2D eigenvalue weighted by atomic mass is 79.9. The van der Waals surface area contributed by atoms with Gasteiger partial charge in [-0.1, -0.05) is 48.9 Å². The van der Waals surface area contributed by atoms with Crippen molar-refractivity contribution >= 4 is 22.0 Å². The van der Waals surface area contributed by atoms with Gasteiger partial charge in [0.15, 0.2) is 11.5 Å². The predicted octanol–water partition coefficient (Wildman–Crippen LogP) is 3.60. The number of benzene rings is 1. The molecule has 18 heavy (non-hydrogen) atoms. The number of hydrogen-bond acceptors (Lipinski definition) is 3. The predicted molar refractivity (Wildman–Crippen MR) is 74.8 cm³/mol. The average molecular weight is 313 g/mol. The molecule has 1 atom stereocenters. The number of fused-ring (bicyclic) bond motifs is 1. The molecule has 0 spiro atoms. The van der Waals surface area contributed by atoms with Crippen LogP contribution in [0.3, 0.4) is 0 Å². The number of hydrogen-bond donors (Lipinski definition) is 1. The third-order valence-corrected chi connectivity index (χ3v) is 3.52. The van der Waals surface area contributed by atoms with Gasteiger partial charge in [0.1, 0.15) is 0 Å². The van der Waals surface area contributed by atoms with Crippen LogP contribution >= 0.6 is 15.9 Å². The average Bonchev–Trinajstić information content (AvgIpc) is 2.70. The summed E-state index contributed by atoms with van der Waals surface area (Å²) >= 11 is 3.48. The zero-order valence-corrected chi connectivity index (χ0v) is 12.3. The molecule has 0 saturated carbocycles. The van der Waals surface area contributed by atoms with E-state index in [2.05, 4.69) is 15.9 Å². The number of ether oxygens (including phenoxy) is 2. The Bertz CT molecular complexity index is 475. The van der Waals surface area contributed by atoms with Crippen LogP contribution in [0.25, 0.3) is 6.08 Å². The van der Waals surface area contributed by atoms with E-state index in [1.54, 1.807) is 6.08 Å². The summed E-state index contributed by atoms with van der Waals surface area (Å²) in [6, 6.07) is 3.78. The number of rotatable bonds is 2. The van der Waals surface area contributed by atoms with Gasteiger partial charge in [-0.15, -0.1) is 0 Å². The molecule has 2 rings (SSSR count). The number of halogens is 1. The first-order valence-electron chi connectivity index (χ1n) is 5.83. The van der Waals surface area contributed by atoms with Gasteiger partial charge in [0.05, 0.1) is 6.10 Å². The first-order valence-corrected chi connectivity index (χ1v) is 6.62. The second-order valence-electron chi connectivity index (χ2n) is 5.40. The van der Waals surface area contributed by atoms with Crippen LogP contribution in [-0.4, -0.2) is 18.0 Å². The van der Waals surface area contributed by atoms with E-state index in [0.717, 1.165) is 21.5 Å². The van der Waals surface area contributed by atoms with Crippen molar-refractivity contribution in [1.82, 2.24) is 0 Å². The van der Waals surface area contributed by atoms with Crippen LogP contribution in [0.15, 0.2) is 22.7 Å². The summed E-state index contributed by atoms with van der Waals surface area (Å²) in [5, 5.41) is 9.97. The summed E-state index contributed by atoms with van der Waals surface area (Å²) in [6.45, 7) is 6.25. The molecule has 4 heteroatoms. The lowest BCUT2D eigenvalue weighted by Gasteiger charge is -2.22. The van der Waals surface area contributed by atoms with E-state index in [4.69, 9.17) is 9.47 Å². The van der Waals surface area contributed by atoms with E-state index in [1.165, 1.54) is 0 Å². The molecule has 0 aromatic heterocycles. The maximum Gasteiger partial charge on any atom is 0.231 e. The zero-order chi connectivity index (χ0) is 13.3. The fourth-order valence-corrected chi connectivity index (χ4v) is 2.00. The molecule has 3 nitrogen and oxygen atoms in total. The monoisotopic (exact) mass is 312 g/mol. The topological polar surface area (TPSA) is 38.7 Å².